The summed E-state index contributed by atoms with van der Waals surface area (Å²) < 4.78 is 18.4. The standard InChI is InChI=1S/C12H15FN2O/c1-8(2)14-6-5-12-15-10-7-9(13)3-4-11(10)16-12/h3-4,7-8,14H,5-6H2,1-2H3. The van der Waals surface area contributed by atoms with Gasteiger partial charge in [-0.2, -0.15) is 0 Å². The molecule has 2 aromatic rings. The second-order valence-corrected chi connectivity index (χ2v) is 4.08. The Hall–Kier alpha value is -1.42. The lowest BCUT2D eigenvalue weighted by Crippen LogP contribution is -2.24. The Balaban J connectivity index is 2.08. The first kappa shape index (κ1) is 11.1. The molecule has 1 aromatic heterocycles. The third-order valence-electron chi connectivity index (χ3n) is 2.29. The van der Waals surface area contributed by atoms with Crippen LogP contribution >= 0.6 is 0 Å². The fourth-order valence-corrected chi connectivity index (χ4v) is 1.52. The van der Waals surface area contributed by atoms with E-state index in [1.807, 2.05) is 0 Å². The molecule has 2 rings (SSSR count). The molecular formula is C12H15FN2O. The summed E-state index contributed by atoms with van der Waals surface area (Å²) in [6, 6.07) is 4.82. The number of benzene rings is 1. The molecule has 16 heavy (non-hydrogen) atoms. The summed E-state index contributed by atoms with van der Waals surface area (Å²) in [7, 11) is 0. The number of oxazole rings is 1. The number of hydrogen-bond acceptors (Lipinski definition) is 3. The Morgan fingerprint density at radius 3 is 3.00 bits per heavy atom. The Bertz CT molecular complexity index is 479. The second kappa shape index (κ2) is 4.61. The van der Waals surface area contributed by atoms with Crippen LogP contribution in [0.25, 0.3) is 11.1 Å². The van der Waals surface area contributed by atoms with Crippen LogP contribution in [-0.2, 0) is 6.42 Å². The van der Waals surface area contributed by atoms with Crippen LogP contribution in [0, 0.1) is 5.82 Å². The number of halogens is 1. The third-order valence-corrected chi connectivity index (χ3v) is 2.29. The highest BCUT2D eigenvalue weighted by Gasteiger charge is 2.06. The van der Waals surface area contributed by atoms with Crippen LogP contribution in [-0.4, -0.2) is 17.6 Å². The highest BCUT2D eigenvalue weighted by molar-refractivity contribution is 5.72. The first-order valence-electron chi connectivity index (χ1n) is 5.43. The van der Waals surface area contributed by atoms with Gasteiger partial charge in [-0.1, -0.05) is 13.8 Å². The molecule has 86 valence electrons. The van der Waals surface area contributed by atoms with Gasteiger partial charge in [-0.05, 0) is 12.1 Å². The van der Waals surface area contributed by atoms with E-state index >= 15 is 0 Å². The predicted octanol–water partition coefficient (Wildman–Crippen LogP) is 2.51. The molecule has 0 spiro atoms. The van der Waals surface area contributed by atoms with Crippen LogP contribution in [0.15, 0.2) is 22.6 Å². The number of nitrogens with zero attached hydrogens (tertiary/aromatic N) is 1. The summed E-state index contributed by atoms with van der Waals surface area (Å²) in [6.45, 7) is 4.98. The fourth-order valence-electron chi connectivity index (χ4n) is 1.52. The van der Waals surface area contributed by atoms with Crippen LogP contribution in [0.1, 0.15) is 19.7 Å². The van der Waals surface area contributed by atoms with E-state index in [1.165, 1.54) is 12.1 Å². The second-order valence-electron chi connectivity index (χ2n) is 4.08. The predicted molar refractivity (Wildman–Crippen MR) is 60.8 cm³/mol. The lowest BCUT2D eigenvalue weighted by atomic mass is 10.3. The smallest absolute Gasteiger partial charge is 0.196 e. The molecule has 0 atom stereocenters. The minimum Gasteiger partial charge on any atom is -0.441 e. The maximum atomic E-state index is 12.9. The first-order valence-corrected chi connectivity index (χ1v) is 5.43. The molecule has 0 fully saturated rings. The molecule has 0 saturated carbocycles. The Labute approximate surface area is 93.7 Å². The van der Waals surface area contributed by atoms with Crippen molar-refractivity contribution in [3.63, 3.8) is 0 Å². The van der Waals surface area contributed by atoms with E-state index < -0.39 is 0 Å². The quantitative estimate of drug-likeness (QED) is 0.863. The largest absolute Gasteiger partial charge is 0.441 e. The van der Waals surface area contributed by atoms with Gasteiger partial charge in [-0.3, -0.25) is 0 Å². The summed E-state index contributed by atoms with van der Waals surface area (Å²) >= 11 is 0. The van der Waals surface area contributed by atoms with Gasteiger partial charge in [-0.25, -0.2) is 9.37 Å². The van der Waals surface area contributed by atoms with E-state index in [1.54, 1.807) is 6.07 Å². The van der Waals surface area contributed by atoms with Crippen molar-refractivity contribution in [2.45, 2.75) is 26.3 Å². The summed E-state index contributed by atoms with van der Waals surface area (Å²) in [5.74, 6) is 0.362. The van der Waals surface area contributed by atoms with Crippen LogP contribution < -0.4 is 5.32 Å². The number of aromatic nitrogens is 1. The van der Waals surface area contributed by atoms with Crippen molar-refractivity contribution in [2.75, 3.05) is 6.54 Å². The minimum absolute atomic E-state index is 0.285. The summed E-state index contributed by atoms with van der Waals surface area (Å²) in [5, 5.41) is 3.28. The van der Waals surface area contributed by atoms with Gasteiger partial charge in [0, 0.05) is 25.1 Å². The SMILES string of the molecule is CC(C)NCCc1nc2cc(F)ccc2o1. The first-order chi connectivity index (χ1) is 7.65. The molecule has 0 radical (unpaired) electrons. The topological polar surface area (TPSA) is 38.1 Å². The van der Waals surface area contributed by atoms with Crippen LogP contribution in [0.3, 0.4) is 0 Å². The Morgan fingerprint density at radius 1 is 1.44 bits per heavy atom. The lowest BCUT2D eigenvalue weighted by molar-refractivity contribution is 0.500. The molecule has 0 aliphatic carbocycles. The average Bonchev–Trinajstić information content (AvgIpc) is 2.58. The van der Waals surface area contributed by atoms with Crippen LogP contribution in [0.4, 0.5) is 4.39 Å². The highest BCUT2D eigenvalue weighted by Crippen LogP contribution is 2.16. The van der Waals surface area contributed by atoms with Crippen molar-refractivity contribution in [1.29, 1.82) is 0 Å². The molecule has 3 nitrogen and oxygen atoms in total. The van der Waals surface area contributed by atoms with Crippen LogP contribution in [0.5, 0.6) is 0 Å². The zero-order chi connectivity index (χ0) is 11.5. The van der Waals surface area contributed by atoms with E-state index in [2.05, 4.69) is 24.1 Å². The molecule has 0 unspecified atom stereocenters. The van der Waals surface area contributed by atoms with Gasteiger partial charge < -0.3 is 9.73 Å². The molecule has 4 heteroatoms. The highest BCUT2D eigenvalue weighted by atomic mass is 19.1. The number of hydrogen-bond donors (Lipinski definition) is 1. The van der Waals surface area contributed by atoms with E-state index in [4.69, 9.17) is 4.42 Å². The van der Waals surface area contributed by atoms with Gasteiger partial charge in [0.25, 0.3) is 0 Å². The van der Waals surface area contributed by atoms with Crippen molar-refractivity contribution in [1.82, 2.24) is 10.3 Å². The molecule has 1 N–H and O–H groups in total. The molecular weight excluding hydrogens is 207 g/mol. The van der Waals surface area contributed by atoms with E-state index in [-0.39, 0.29) is 5.82 Å². The van der Waals surface area contributed by atoms with Crippen molar-refractivity contribution in [3.05, 3.63) is 29.9 Å². The van der Waals surface area contributed by atoms with E-state index in [0.29, 0.717) is 29.5 Å². The van der Waals surface area contributed by atoms with Crippen molar-refractivity contribution in [2.24, 2.45) is 0 Å². The maximum absolute atomic E-state index is 12.9. The molecule has 0 amide bonds. The molecule has 0 aliphatic rings. The third kappa shape index (κ3) is 2.58. The zero-order valence-electron chi connectivity index (χ0n) is 9.46. The van der Waals surface area contributed by atoms with E-state index in [0.717, 1.165) is 6.54 Å². The molecule has 0 aliphatic heterocycles. The molecule has 0 saturated heterocycles. The van der Waals surface area contributed by atoms with Gasteiger partial charge in [0.15, 0.2) is 11.5 Å². The molecule has 1 heterocycles. The number of nitrogens with one attached hydrogen (secondary N) is 1. The monoisotopic (exact) mass is 222 g/mol. The summed E-state index contributed by atoms with van der Waals surface area (Å²) in [5.41, 5.74) is 1.22. The zero-order valence-corrected chi connectivity index (χ0v) is 9.46. The maximum Gasteiger partial charge on any atom is 0.196 e. The average molecular weight is 222 g/mol. The Morgan fingerprint density at radius 2 is 2.25 bits per heavy atom. The number of rotatable bonds is 4. The lowest BCUT2D eigenvalue weighted by Gasteiger charge is -2.04. The molecule has 1 aromatic carbocycles. The van der Waals surface area contributed by atoms with Crippen molar-refractivity contribution in [3.8, 4) is 0 Å². The summed E-state index contributed by atoms with van der Waals surface area (Å²) in [6.07, 6.45) is 0.717. The normalized spacial score (nSPS) is 11.5. The summed E-state index contributed by atoms with van der Waals surface area (Å²) in [4.78, 5) is 4.22. The van der Waals surface area contributed by atoms with Gasteiger partial charge in [-0.15, -0.1) is 0 Å². The van der Waals surface area contributed by atoms with Gasteiger partial charge >= 0.3 is 0 Å². The fraction of sp³-hybridized carbons (Fsp3) is 0.417. The van der Waals surface area contributed by atoms with Gasteiger partial charge in [0.05, 0.1) is 0 Å². The van der Waals surface area contributed by atoms with Crippen molar-refractivity contribution < 1.29 is 8.81 Å². The molecule has 0 bridgehead atoms. The van der Waals surface area contributed by atoms with Gasteiger partial charge in [0.2, 0.25) is 0 Å². The van der Waals surface area contributed by atoms with Crippen molar-refractivity contribution >= 4 is 11.1 Å². The number of fused-ring (bicyclic) bond motifs is 1. The Kier molecular flexibility index (Phi) is 3.19. The van der Waals surface area contributed by atoms with Gasteiger partial charge in [0.1, 0.15) is 11.3 Å². The van der Waals surface area contributed by atoms with E-state index in [9.17, 15) is 4.39 Å². The minimum atomic E-state index is -0.285. The van der Waals surface area contributed by atoms with Crippen LogP contribution in [0.2, 0.25) is 0 Å².